The molecule has 1 aromatic heterocycles. The third kappa shape index (κ3) is 3.23. The van der Waals surface area contributed by atoms with E-state index in [0.29, 0.717) is 17.4 Å². The van der Waals surface area contributed by atoms with Crippen molar-refractivity contribution in [3.05, 3.63) is 47.7 Å². The first-order valence-corrected chi connectivity index (χ1v) is 6.18. The second-order valence-corrected chi connectivity index (χ2v) is 4.07. The van der Waals surface area contributed by atoms with Crippen LogP contribution in [0.15, 0.2) is 36.4 Å². The van der Waals surface area contributed by atoms with Gasteiger partial charge in [0.05, 0.1) is 13.7 Å². The van der Waals surface area contributed by atoms with Crippen LogP contribution in [0.2, 0.25) is 0 Å². The summed E-state index contributed by atoms with van der Waals surface area (Å²) in [7, 11) is 1.59. The van der Waals surface area contributed by atoms with Gasteiger partial charge in [-0.15, -0.1) is 0 Å². The molecule has 19 heavy (non-hydrogen) atoms. The normalized spacial score (nSPS) is 10.3. The van der Waals surface area contributed by atoms with E-state index >= 15 is 0 Å². The Bertz CT molecular complexity index is 533. The lowest BCUT2D eigenvalue weighted by Gasteiger charge is -2.11. The number of nitrogens with zero attached hydrogens (tertiary/aromatic N) is 1. The number of rotatable bonds is 5. The van der Waals surface area contributed by atoms with Crippen LogP contribution < -0.4 is 9.47 Å². The number of benzene rings is 1. The van der Waals surface area contributed by atoms with Crippen molar-refractivity contribution in [1.29, 1.82) is 0 Å². The van der Waals surface area contributed by atoms with Gasteiger partial charge >= 0.3 is 0 Å². The van der Waals surface area contributed by atoms with Gasteiger partial charge in [-0.2, -0.15) is 0 Å². The Morgan fingerprint density at radius 3 is 2.53 bits per heavy atom. The molecule has 100 valence electrons. The van der Waals surface area contributed by atoms with E-state index in [-0.39, 0.29) is 6.61 Å². The zero-order valence-corrected chi connectivity index (χ0v) is 11.1. The number of aromatic nitrogens is 1. The highest BCUT2D eigenvalue weighted by Gasteiger charge is 2.07. The molecule has 0 spiro atoms. The first kappa shape index (κ1) is 13.4. The minimum absolute atomic E-state index is 0.0300. The van der Waals surface area contributed by atoms with E-state index < -0.39 is 0 Å². The number of aliphatic hydroxyl groups excluding tert-OH is 1. The van der Waals surface area contributed by atoms with Crippen LogP contribution in [0.4, 0.5) is 0 Å². The molecule has 1 aromatic carbocycles. The van der Waals surface area contributed by atoms with Crippen molar-refractivity contribution in [2.45, 2.75) is 20.0 Å². The van der Waals surface area contributed by atoms with Gasteiger partial charge in [-0.1, -0.05) is 19.1 Å². The molecule has 0 radical (unpaired) electrons. The second kappa shape index (κ2) is 6.20. The van der Waals surface area contributed by atoms with E-state index in [1.54, 1.807) is 13.2 Å². The van der Waals surface area contributed by atoms with Gasteiger partial charge < -0.3 is 14.6 Å². The Morgan fingerprint density at radius 2 is 1.89 bits per heavy atom. The lowest BCUT2D eigenvalue weighted by atomic mass is 10.2. The molecule has 0 aliphatic carbocycles. The molecule has 4 nitrogen and oxygen atoms in total. The van der Waals surface area contributed by atoms with Gasteiger partial charge in [0.15, 0.2) is 11.5 Å². The Balaban J connectivity index is 2.32. The predicted molar refractivity (Wildman–Crippen MR) is 72.6 cm³/mol. The Kier molecular flexibility index (Phi) is 4.36. The molecule has 0 saturated heterocycles. The highest BCUT2D eigenvalue weighted by atomic mass is 16.5. The van der Waals surface area contributed by atoms with Crippen molar-refractivity contribution in [2.75, 3.05) is 7.11 Å². The predicted octanol–water partition coefficient (Wildman–Crippen LogP) is 2.94. The van der Waals surface area contributed by atoms with E-state index in [1.165, 1.54) is 0 Å². The molecule has 1 heterocycles. The number of methoxy groups -OCH3 is 1. The van der Waals surface area contributed by atoms with Gasteiger partial charge in [0, 0.05) is 11.8 Å². The Hall–Kier alpha value is -2.07. The molecule has 2 aromatic rings. The van der Waals surface area contributed by atoms with Gasteiger partial charge in [0.1, 0.15) is 0 Å². The van der Waals surface area contributed by atoms with E-state index in [9.17, 15) is 5.11 Å². The summed E-state index contributed by atoms with van der Waals surface area (Å²) in [6, 6.07) is 11.0. The van der Waals surface area contributed by atoms with E-state index in [4.69, 9.17) is 9.47 Å². The fourth-order valence-corrected chi connectivity index (χ4v) is 1.76. The number of pyridine rings is 1. The topological polar surface area (TPSA) is 51.6 Å². The van der Waals surface area contributed by atoms with Gasteiger partial charge in [0.2, 0.25) is 5.88 Å². The molecule has 1 N–H and O–H groups in total. The Morgan fingerprint density at radius 1 is 1.16 bits per heavy atom. The number of hydrogen-bond donors (Lipinski definition) is 1. The van der Waals surface area contributed by atoms with Crippen molar-refractivity contribution in [3.63, 3.8) is 0 Å². The molecule has 0 fully saturated rings. The SMILES string of the molecule is CCc1cc(CO)cc(Oc2ccccc2OC)n1. The van der Waals surface area contributed by atoms with Crippen molar-refractivity contribution in [2.24, 2.45) is 0 Å². The van der Waals surface area contributed by atoms with Crippen molar-refractivity contribution >= 4 is 0 Å². The highest BCUT2D eigenvalue weighted by Crippen LogP contribution is 2.30. The molecule has 2 rings (SSSR count). The summed E-state index contributed by atoms with van der Waals surface area (Å²) in [5, 5.41) is 9.24. The first-order chi connectivity index (χ1) is 9.26. The summed E-state index contributed by atoms with van der Waals surface area (Å²) in [6.07, 6.45) is 0.788. The summed E-state index contributed by atoms with van der Waals surface area (Å²) < 4.78 is 11.0. The van der Waals surface area contributed by atoms with Crippen LogP contribution in [0, 0.1) is 0 Å². The average Bonchev–Trinajstić information content (AvgIpc) is 2.47. The second-order valence-electron chi connectivity index (χ2n) is 4.07. The largest absolute Gasteiger partial charge is 0.493 e. The van der Waals surface area contributed by atoms with Gasteiger partial charge in [-0.05, 0) is 30.2 Å². The van der Waals surface area contributed by atoms with Crippen LogP contribution in [-0.4, -0.2) is 17.2 Å². The van der Waals surface area contributed by atoms with Crippen LogP contribution >= 0.6 is 0 Å². The third-order valence-electron chi connectivity index (χ3n) is 2.74. The van der Waals surface area contributed by atoms with Crippen LogP contribution in [0.5, 0.6) is 17.4 Å². The van der Waals surface area contributed by atoms with Gasteiger partial charge in [0.25, 0.3) is 0 Å². The standard InChI is InChI=1S/C15H17NO3/c1-3-12-8-11(10-17)9-15(16-12)19-14-7-5-4-6-13(14)18-2/h4-9,17H,3,10H2,1-2H3. The molecule has 0 atom stereocenters. The number of ether oxygens (including phenoxy) is 2. The highest BCUT2D eigenvalue weighted by molar-refractivity contribution is 5.42. The average molecular weight is 259 g/mol. The van der Waals surface area contributed by atoms with E-state index in [1.807, 2.05) is 37.3 Å². The first-order valence-electron chi connectivity index (χ1n) is 6.18. The third-order valence-corrected chi connectivity index (χ3v) is 2.74. The molecule has 0 bridgehead atoms. The van der Waals surface area contributed by atoms with Crippen LogP contribution in [-0.2, 0) is 13.0 Å². The van der Waals surface area contributed by atoms with Gasteiger partial charge in [-0.25, -0.2) is 4.98 Å². The minimum atomic E-state index is -0.0300. The summed E-state index contributed by atoms with van der Waals surface area (Å²) in [5.41, 5.74) is 1.67. The zero-order valence-electron chi connectivity index (χ0n) is 11.1. The number of aryl methyl sites for hydroxylation is 1. The zero-order chi connectivity index (χ0) is 13.7. The quantitative estimate of drug-likeness (QED) is 0.897. The van der Waals surface area contributed by atoms with Crippen molar-refractivity contribution < 1.29 is 14.6 Å². The van der Waals surface area contributed by atoms with Crippen LogP contribution in [0.25, 0.3) is 0 Å². The summed E-state index contributed by atoms with van der Waals surface area (Å²) >= 11 is 0. The fraction of sp³-hybridized carbons (Fsp3) is 0.267. The molecular weight excluding hydrogens is 242 g/mol. The van der Waals surface area contributed by atoms with Crippen molar-refractivity contribution in [1.82, 2.24) is 4.98 Å². The molecule has 0 aliphatic heterocycles. The molecule has 4 heteroatoms. The lowest BCUT2D eigenvalue weighted by molar-refractivity contribution is 0.280. The fourth-order valence-electron chi connectivity index (χ4n) is 1.76. The van der Waals surface area contributed by atoms with E-state index in [0.717, 1.165) is 17.7 Å². The maximum Gasteiger partial charge on any atom is 0.220 e. The van der Waals surface area contributed by atoms with Crippen molar-refractivity contribution in [3.8, 4) is 17.4 Å². The maximum absolute atomic E-state index is 9.24. The molecule has 0 aliphatic rings. The summed E-state index contributed by atoms with van der Waals surface area (Å²) in [4.78, 5) is 4.38. The molecule has 0 unspecified atom stereocenters. The molecular formula is C15H17NO3. The summed E-state index contributed by atoms with van der Waals surface area (Å²) in [6.45, 7) is 1.98. The maximum atomic E-state index is 9.24. The van der Waals surface area contributed by atoms with Gasteiger partial charge in [-0.3, -0.25) is 0 Å². The van der Waals surface area contributed by atoms with E-state index in [2.05, 4.69) is 4.98 Å². The number of aliphatic hydroxyl groups is 1. The monoisotopic (exact) mass is 259 g/mol. The number of para-hydroxylation sites is 2. The number of hydrogen-bond acceptors (Lipinski definition) is 4. The minimum Gasteiger partial charge on any atom is -0.493 e. The molecule has 0 saturated carbocycles. The lowest BCUT2D eigenvalue weighted by Crippen LogP contribution is -1.97. The molecule has 0 amide bonds. The smallest absolute Gasteiger partial charge is 0.220 e. The van der Waals surface area contributed by atoms with Crippen LogP contribution in [0.1, 0.15) is 18.2 Å². The van der Waals surface area contributed by atoms with Crippen LogP contribution in [0.3, 0.4) is 0 Å². The summed E-state index contributed by atoms with van der Waals surface area (Å²) in [5.74, 6) is 1.72. The Labute approximate surface area is 112 Å².